The second-order valence-corrected chi connectivity index (χ2v) is 6.22. The molecule has 0 saturated carbocycles. The smallest absolute Gasteiger partial charge is 0.355 e. The fourth-order valence-electron chi connectivity index (χ4n) is 2.27. The highest BCUT2D eigenvalue weighted by atomic mass is 32.1. The lowest BCUT2D eigenvalue weighted by molar-refractivity contribution is -0.131. The predicted molar refractivity (Wildman–Crippen MR) is 76.0 cm³/mol. The predicted octanol–water partition coefficient (Wildman–Crippen LogP) is 0.890. The highest BCUT2D eigenvalue weighted by Crippen LogP contribution is 2.25. The van der Waals surface area contributed by atoms with Crippen LogP contribution >= 0.6 is 11.3 Å². The molecule has 1 saturated heterocycles. The largest absolute Gasteiger partial charge is 0.476 e. The van der Waals surface area contributed by atoms with Gasteiger partial charge in [-0.3, -0.25) is 4.79 Å². The fourth-order valence-corrected chi connectivity index (χ4v) is 3.04. The minimum Gasteiger partial charge on any atom is -0.476 e. The molecule has 2 rings (SSSR count). The lowest BCUT2D eigenvalue weighted by Crippen LogP contribution is -2.49. The number of aromatic carboxylic acids is 1. The SMILES string of the molecule is CC1(C(=O)NCCc2nc(C(=O)O)cs2)CCCNC1. The van der Waals surface area contributed by atoms with Crippen molar-refractivity contribution in [1.29, 1.82) is 0 Å². The maximum atomic E-state index is 12.2. The Morgan fingerprint density at radius 1 is 1.60 bits per heavy atom. The van der Waals surface area contributed by atoms with Crippen molar-refractivity contribution in [2.75, 3.05) is 19.6 Å². The molecule has 1 amide bonds. The number of nitrogens with zero attached hydrogens (tertiary/aromatic N) is 1. The number of hydrogen-bond acceptors (Lipinski definition) is 5. The van der Waals surface area contributed by atoms with Gasteiger partial charge in [0.15, 0.2) is 5.69 Å². The monoisotopic (exact) mass is 297 g/mol. The van der Waals surface area contributed by atoms with E-state index in [1.54, 1.807) is 0 Å². The van der Waals surface area contributed by atoms with Crippen LogP contribution < -0.4 is 10.6 Å². The fraction of sp³-hybridized carbons (Fsp3) is 0.615. The van der Waals surface area contributed by atoms with Crippen LogP contribution in [0.5, 0.6) is 0 Å². The molecule has 20 heavy (non-hydrogen) atoms. The third-order valence-electron chi connectivity index (χ3n) is 3.54. The topological polar surface area (TPSA) is 91.3 Å². The number of carbonyl (C=O) groups is 2. The number of nitrogens with one attached hydrogen (secondary N) is 2. The number of amides is 1. The first-order chi connectivity index (χ1) is 9.51. The van der Waals surface area contributed by atoms with Crippen molar-refractivity contribution in [2.45, 2.75) is 26.2 Å². The van der Waals surface area contributed by atoms with Crippen LogP contribution in [0.3, 0.4) is 0 Å². The van der Waals surface area contributed by atoms with Crippen LogP contribution in [0.25, 0.3) is 0 Å². The number of thiazole rings is 1. The molecule has 3 N–H and O–H groups in total. The Hall–Kier alpha value is -1.47. The Balaban J connectivity index is 1.80. The molecule has 0 aliphatic carbocycles. The van der Waals surface area contributed by atoms with E-state index in [4.69, 9.17) is 5.11 Å². The second kappa shape index (κ2) is 6.32. The van der Waals surface area contributed by atoms with Crippen molar-refractivity contribution in [3.05, 3.63) is 16.1 Å². The number of carbonyl (C=O) groups excluding carboxylic acids is 1. The molecular formula is C13H19N3O3S. The van der Waals surface area contributed by atoms with E-state index in [9.17, 15) is 9.59 Å². The Morgan fingerprint density at radius 3 is 3.00 bits per heavy atom. The van der Waals surface area contributed by atoms with E-state index < -0.39 is 5.97 Å². The molecule has 1 fully saturated rings. The Morgan fingerprint density at radius 2 is 2.40 bits per heavy atom. The summed E-state index contributed by atoms with van der Waals surface area (Å²) in [7, 11) is 0. The lowest BCUT2D eigenvalue weighted by Gasteiger charge is -2.32. The normalized spacial score (nSPS) is 22.4. The first kappa shape index (κ1) is 14.9. The van der Waals surface area contributed by atoms with Crippen LogP contribution in [0.4, 0.5) is 0 Å². The van der Waals surface area contributed by atoms with Crippen molar-refractivity contribution < 1.29 is 14.7 Å². The second-order valence-electron chi connectivity index (χ2n) is 5.28. The van der Waals surface area contributed by atoms with Crippen molar-refractivity contribution in [2.24, 2.45) is 5.41 Å². The molecule has 0 aromatic carbocycles. The minimum absolute atomic E-state index is 0.0553. The van der Waals surface area contributed by atoms with E-state index in [-0.39, 0.29) is 17.0 Å². The summed E-state index contributed by atoms with van der Waals surface area (Å²) in [4.78, 5) is 26.9. The lowest BCUT2D eigenvalue weighted by atomic mass is 9.82. The number of carboxylic acids is 1. The van der Waals surface area contributed by atoms with Gasteiger partial charge in [-0.2, -0.15) is 0 Å². The van der Waals surface area contributed by atoms with E-state index in [2.05, 4.69) is 15.6 Å². The van der Waals surface area contributed by atoms with Gasteiger partial charge in [-0.15, -0.1) is 11.3 Å². The van der Waals surface area contributed by atoms with E-state index in [1.165, 1.54) is 16.7 Å². The molecule has 1 aromatic rings. The first-order valence-electron chi connectivity index (χ1n) is 6.68. The molecule has 110 valence electrons. The third kappa shape index (κ3) is 3.55. The van der Waals surface area contributed by atoms with Gasteiger partial charge in [0.25, 0.3) is 0 Å². The highest BCUT2D eigenvalue weighted by Gasteiger charge is 2.34. The molecule has 0 bridgehead atoms. The molecular weight excluding hydrogens is 278 g/mol. The molecule has 7 heteroatoms. The van der Waals surface area contributed by atoms with E-state index in [1.807, 2.05) is 6.92 Å². The summed E-state index contributed by atoms with van der Waals surface area (Å²) in [5, 5.41) is 17.2. The number of carboxylic acid groups (broad SMARTS) is 1. The minimum atomic E-state index is -1.02. The van der Waals surface area contributed by atoms with Crippen LogP contribution in [-0.4, -0.2) is 41.6 Å². The zero-order valence-corrected chi connectivity index (χ0v) is 12.3. The van der Waals surface area contributed by atoms with Crippen LogP contribution in [0.1, 0.15) is 35.3 Å². The number of piperidine rings is 1. The van der Waals surface area contributed by atoms with Crippen LogP contribution in [0.2, 0.25) is 0 Å². The summed E-state index contributed by atoms with van der Waals surface area (Å²) < 4.78 is 0. The molecule has 1 atom stereocenters. The maximum absolute atomic E-state index is 12.2. The molecule has 1 aliphatic heterocycles. The zero-order valence-electron chi connectivity index (χ0n) is 11.4. The molecule has 1 aliphatic rings. The van der Waals surface area contributed by atoms with Gasteiger partial charge in [0.05, 0.1) is 10.4 Å². The Labute approximate surface area is 121 Å². The number of rotatable bonds is 5. The van der Waals surface area contributed by atoms with Crippen molar-refractivity contribution in [3.8, 4) is 0 Å². The quantitative estimate of drug-likeness (QED) is 0.751. The standard InChI is InChI=1S/C13H19N3O3S/c1-13(4-2-5-14-8-13)12(19)15-6-3-10-16-9(7-20-10)11(17)18/h7,14H,2-6,8H2,1H3,(H,15,19)(H,17,18). The van der Waals surface area contributed by atoms with Gasteiger partial charge in [0.1, 0.15) is 0 Å². The van der Waals surface area contributed by atoms with Crippen LogP contribution in [0, 0.1) is 5.41 Å². The maximum Gasteiger partial charge on any atom is 0.355 e. The van der Waals surface area contributed by atoms with Gasteiger partial charge in [0.2, 0.25) is 5.91 Å². The van der Waals surface area contributed by atoms with Gasteiger partial charge in [-0.25, -0.2) is 9.78 Å². The van der Waals surface area contributed by atoms with Gasteiger partial charge in [-0.05, 0) is 26.3 Å². The van der Waals surface area contributed by atoms with Crippen LogP contribution in [-0.2, 0) is 11.2 Å². The van der Waals surface area contributed by atoms with Gasteiger partial charge in [-0.1, -0.05) is 0 Å². The third-order valence-corrected chi connectivity index (χ3v) is 4.45. The molecule has 2 heterocycles. The summed E-state index contributed by atoms with van der Waals surface area (Å²) in [6.45, 7) is 4.14. The molecule has 0 spiro atoms. The van der Waals surface area contributed by atoms with Gasteiger partial charge < -0.3 is 15.7 Å². The summed E-state index contributed by atoms with van der Waals surface area (Å²) in [6, 6.07) is 0. The average Bonchev–Trinajstić information content (AvgIpc) is 2.88. The zero-order chi connectivity index (χ0) is 14.6. The Bertz CT molecular complexity index is 495. The van der Waals surface area contributed by atoms with Crippen molar-refractivity contribution >= 4 is 23.2 Å². The summed E-state index contributed by atoms with van der Waals surface area (Å²) in [5.41, 5.74) is -0.271. The van der Waals surface area contributed by atoms with E-state index in [0.717, 1.165) is 24.4 Å². The average molecular weight is 297 g/mol. The van der Waals surface area contributed by atoms with E-state index >= 15 is 0 Å². The van der Waals surface area contributed by atoms with E-state index in [0.29, 0.717) is 19.5 Å². The first-order valence-corrected chi connectivity index (χ1v) is 7.56. The number of hydrogen-bond donors (Lipinski definition) is 3. The van der Waals surface area contributed by atoms with Crippen molar-refractivity contribution in [3.63, 3.8) is 0 Å². The summed E-state index contributed by atoms with van der Waals surface area (Å²) in [6.07, 6.45) is 2.47. The highest BCUT2D eigenvalue weighted by molar-refractivity contribution is 7.09. The molecule has 1 unspecified atom stereocenters. The van der Waals surface area contributed by atoms with Gasteiger partial charge >= 0.3 is 5.97 Å². The molecule has 6 nitrogen and oxygen atoms in total. The summed E-state index contributed by atoms with van der Waals surface area (Å²) >= 11 is 1.31. The van der Waals surface area contributed by atoms with Gasteiger partial charge in [0, 0.05) is 24.9 Å². The molecule has 1 aromatic heterocycles. The van der Waals surface area contributed by atoms with Crippen LogP contribution in [0.15, 0.2) is 5.38 Å². The van der Waals surface area contributed by atoms with Crippen molar-refractivity contribution in [1.82, 2.24) is 15.6 Å². The summed E-state index contributed by atoms with van der Waals surface area (Å²) in [5.74, 6) is -0.961. The molecule has 0 radical (unpaired) electrons. The Kier molecular flexibility index (Phi) is 4.72. The number of aromatic nitrogens is 1.